The van der Waals surface area contributed by atoms with Crippen molar-refractivity contribution in [3.63, 3.8) is 0 Å². The van der Waals surface area contributed by atoms with Crippen molar-refractivity contribution < 1.29 is 9.84 Å². The van der Waals surface area contributed by atoms with Crippen LogP contribution >= 0.6 is 0 Å². The molecule has 4 rings (SSSR count). The molecule has 29 heavy (non-hydrogen) atoms. The van der Waals surface area contributed by atoms with E-state index in [0.29, 0.717) is 11.7 Å². The minimum Gasteiger partial charge on any atom is -0.508 e. The third-order valence-electron chi connectivity index (χ3n) is 6.85. The Morgan fingerprint density at radius 2 is 2.03 bits per heavy atom. The molecule has 0 amide bonds. The lowest BCUT2D eigenvalue weighted by atomic mass is 9.66. The fraction of sp³-hybridized carbons (Fsp3) is 0.520. The summed E-state index contributed by atoms with van der Waals surface area (Å²) in [6.07, 6.45) is 11.5. The summed E-state index contributed by atoms with van der Waals surface area (Å²) < 4.78 is 6.51. The van der Waals surface area contributed by atoms with Crippen LogP contribution < -0.4 is 4.74 Å². The molecule has 0 unspecified atom stereocenters. The number of aromatic hydroxyl groups is 1. The van der Waals surface area contributed by atoms with Crippen LogP contribution in [0.3, 0.4) is 0 Å². The molecule has 4 nitrogen and oxygen atoms in total. The van der Waals surface area contributed by atoms with Gasteiger partial charge in [-0.25, -0.2) is 0 Å². The topological polar surface area (TPSA) is 55.2 Å². The average molecular weight is 393 g/mol. The second-order valence-electron chi connectivity index (χ2n) is 9.72. The first-order valence-corrected chi connectivity index (χ1v) is 10.7. The van der Waals surface area contributed by atoms with Gasteiger partial charge in [0.15, 0.2) is 0 Å². The van der Waals surface area contributed by atoms with Crippen LogP contribution in [0.4, 0.5) is 0 Å². The van der Waals surface area contributed by atoms with Crippen molar-refractivity contribution >= 4 is 5.57 Å². The van der Waals surface area contributed by atoms with Crippen LogP contribution in [0.1, 0.15) is 83.0 Å². The number of rotatable bonds is 4. The molecule has 1 aromatic heterocycles. The highest BCUT2D eigenvalue weighted by molar-refractivity contribution is 5.66. The van der Waals surface area contributed by atoms with Crippen molar-refractivity contribution in [2.75, 3.05) is 0 Å². The molecular weight excluding hydrogens is 360 g/mol. The van der Waals surface area contributed by atoms with Gasteiger partial charge >= 0.3 is 0 Å². The molecule has 1 aromatic carbocycles. The zero-order valence-corrected chi connectivity index (χ0v) is 18.2. The molecule has 2 atom stereocenters. The maximum absolute atomic E-state index is 11.1. The van der Waals surface area contributed by atoms with Crippen LogP contribution in [-0.4, -0.2) is 20.7 Å². The Labute approximate surface area is 174 Å². The van der Waals surface area contributed by atoms with E-state index in [1.165, 1.54) is 5.57 Å². The molecule has 0 fully saturated rings. The molecule has 154 valence electrons. The van der Waals surface area contributed by atoms with E-state index in [-0.39, 0.29) is 16.9 Å². The van der Waals surface area contributed by atoms with Crippen LogP contribution in [0.5, 0.6) is 11.5 Å². The highest BCUT2D eigenvalue weighted by atomic mass is 16.5. The lowest BCUT2D eigenvalue weighted by Crippen LogP contribution is -2.45. The average Bonchev–Trinajstić information content (AvgIpc) is 2.67. The quantitative estimate of drug-likeness (QED) is 0.692. The summed E-state index contributed by atoms with van der Waals surface area (Å²) in [6, 6.07) is 4.14. The van der Waals surface area contributed by atoms with Crippen LogP contribution in [0.25, 0.3) is 5.57 Å². The molecule has 4 heteroatoms. The molecule has 2 heterocycles. The van der Waals surface area contributed by atoms with Crippen LogP contribution in [0.15, 0.2) is 36.8 Å². The number of allylic oxidation sites excluding steroid dienone is 2. The summed E-state index contributed by atoms with van der Waals surface area (Å²) in [5.74, 6) is 1.73. The number of hydrogen-bond acceptors (Lipinski definition) is 4. The zero-order valence-electron chi connectivity index (χ0n) is 18.2. The fourth-order valence-electron chi connectivity index (χ4n) is 5.23. The van der Waals surface area contributed by atoms with Gasteiger partial charge in [0, 0.05) is 29.8 Å². The van der Waals surface area contributed by atoms with Gasteiger partial charge in [-0.05, 0) is 61.8 Å². The summed E-state index contributed by atoms with van der Waals surface area (Å²) in [6.45, 7) is 11.0. The molecule has 1 aliphatic carbocycles. The standard InChI is InChI=1S/C25H32N2O2/c1-6-9-24(2,3)17-13-21(28)23-18-12-16(20-15-26-10-11-27-20)7-8-19(18)25(4,5)29-22(23)14-17/h7,10-11,13-15,18-19,28H,6,8-9,12H2,1-5H3/t18-,19-/m1/s1. The molecule has 1 N–H and O–H groups in total. The third-order valence-corrected chi connectivity index (χ3v) is 6.85. The van der Waals surface area contributed by atoms with Crippen LogP contribution in [0.2, 0.25) is 0 Å². The first-order chi connectivity index (χ1) is 13.7. The lowest BCUT2D eigenvalue weighted by molar-refractivity contribution is 0.00908. The van der Waals surface area contributed by atoms with E-state index < -0.39 is 0 Å². The smallest absolute Gasteiger partial charge is 0.127 e. The van der Waals surface area contributed by atoms with Gasteiger partial charge in [-0.15, -0.1) is 0 Å². The van der Waals surface area contributed by atoms with E-state index in [4.69, 9.17) is 4.74 Å². The Bertz CT molecular complexity index is 931. The number of phenols is 1. The highest BCUT2D eigenvalue weighted by Crippen LogP contribution is 2.55. The molecule has 1 aliphatic heterocycles. The fourth-order valence-corrected chi connectivity index (χ4v) is 5.23. The van der Waals surface area contributed by atoms with E-state index in [1.807, 2.05) is 12.3 Å². The number of ether oxygens (including phenoxy) is 1. The summed E-state index contributed by atoms with van der Waals surface area (Å²) in [5, 5.41) is 11.1. The predicted molar refractivity (Wildman–Crippen MR) is 116 cm³/mol. The first kappa shape index (κ1) is 19.9. The van der Waals surface area contributed by atoms with Gasteiger partial charge in [-0.2, -0.15) is 0 Å². The summed E-state index contributed by atoms with van der Waals surface area (Å²) in [4.78, 5) is 8.73. The molecule has 2 aromatic rings. The summed E-state index contributed by atoms with van der Waals surface area (Å²) >= 11 is 0. The van der Waals surface area contributed by atoms with Gasteiger partial charge in [0.2, 0.25) is 0 Å². The maximum atomic E-state index is 11.1. The van der Waals surface area contributed by atoms with Crippen molar-refractivity contribution in [3.8, 4) is 11.5 Å². The van der Waals surface area contributed by atoms with Crippen molar-refractivity contribution in [1.82, 2.24) is 9.97 Å². The van der Waals surface area contributed by atoms with E-state index in [0.717, 1.165) is 48.3 Å². The van der Waals surface area contributed by atoms with Crippen molar-refractivity contribution in [2.24, 2.45) is 5.92 Å². The number of hydrogen-bond donors (Lipinski definition) is 1. The minimum absolute atomic E-state index is 0.00284. The second-order valence-corrected chi connectivity index (χ2v) is 9.72. The summed E-state index contributed by atoms with van der Waals surface area (Å²) in [5.41, 5.74) is 3.95. The molecule has 0 spiro atoms. The molecular formula is C25H32N2O2. The largest absolute Gasteiger partial charge is 0.508 e. The van der Waals surface area contributed by atoms with Gasteiger partial charge < -0.3 is 9.84 Å². The van der Waals surface area contributed by atoms with Crippen molar-refractivity contribution in [1.29, 1.82) is 0 Å². The third kappa shape index (κ3) is 3.54. The molecule has 0 saturated carbocycles. The van der Waals surface area contributed by atoms with Gasteiger partial charge in [0.1, 0.15) is 17.1 Å². The van der Waals surface area contributed by atoms with Crippen LogP contribution in [-0.2, 0) is 5.41 Å². The number of nitrogens with zero attached hydrogens (tertiary/aromatic N) is 2. The van der Waals surface area contributed by atoms with E-state index >= 15 is 0 Å². The zero-order chi connectivity index (χ0) is 20.8. The number of aromatic nitrogens is 2. The van der Waals surface area contributed by atoms with Gasteiger partial charge in [-0.3, -0.25) is 9.97 Å². The van der Waals surface area contributed by atoms with E-state index in [2.05, 4.69) is 56.7 Å². The molecule has 0 bridgehead atoms. The maximum Gasteiger partial charge on any atom is 0.127 e. The predicted octanol–water partition coefficient (Wildman–Crippen LogP) is 6.01. The molecule has 0 saturated heterocycles. The Kier molecular flexibility index (Phi) is 4.92. The van der Waals surface area contributed by atoms with Gasteiger partial charge in [0.25, 0.3) is 0 Å². The van der Waals surface area contributed by atoms with Crippen LogP contribution in [0, 0.1) is 5.92 Å². The summed E-state index contributed by atoms with van der Waals surface area (Å²) in [7, 11) is 0. The Balaban J connectivity index is 1.77. The molecule has 0 radical (unpaired) electrons. The Morgan fingerprint density at radius 1 is 1.24 bits per heavy atom. The Morgan fingerprint density at radius 3 is 2.72 bits per heavy atom. The van der Waals surface area contributed by atoms with E-state index in [1.54, 1.807) is 12.4 Å². The number of benzene rings is 1. The van der Waals surface area contributed by atoms with Gasteiger partial charge in [0.05, 0.1) is 11.9 Å². The number of phenolic OH excluding ortho intramolecular Hbond substituents is 1. The lowest BCUT2D eigenvalue weighted by Gasteiger charge is -2.47. The first-order valence-electron chi connectivity index (χ1n) is 10.7. The molecule has 2 aliphatic rings. The monoisotopic (exact) mass is 392 g/mol. The normalized spacial score (nSPS) is 22.9. The van der Waals surface area contributed by atoms with E-state index in [9.17, 15) is 5.11 Å². The minimum atomic E-state index is -0.290. The second kappa shape index (κ2) is 7.16. The van der Waals surface area contributed by atoms with Crippen molar-refractivity contribution in [2.45, 2.75) is 77.2 Å². The van der Waals surface area contributed by atoms with Gasteiger partial charge in [-0.1, -0.05) is 33.3 Å². The Hall–Kier alpha value is -2.36. The SMILES string of the molecule is CCCC(C)(C)c1cc(O)c2c(c1)OC(C)(C)[C@@H]1CC=C(c3cnccn3)C[C@@H]21. The highest BCUT2D eigenvalue weighted by Gasteiger charge is 2.46. The number of fused-ring (bicyclic) bond motifs is 3. The van der Waals surface area contributed by atoms with Crippen molar-refractivity contribution in [3.05, 3.63) is 53.6 Å².